The van der Waals surface area contributed by atoms with Crippen molar-refractivity contribution in [3.8, 4) is 5.75 Å². The summed E-state index contributed by atoms with van der Waals surface area (Å²) in [6.45, 7) is -1.54. The second-order valence-electron chi connectivity index (χ2n) is 3.65. The van der Waals surface area contributed by atoms with E-state index >= 15 is 0 Å². The second kappa shape index (κ2) is 6.46. The van der Waals surface area contributed by atoms with Gasteiger partial charge in [-0.05, 0) is 24.3 Å². The van der Waals surface area contributed by atoms with Gasteiger partial charge in [-0.2, -0.15) is 13.2 Å². The molecule has 0 saturated heterocycles. The number of alkyl halides is 3. The molecule has 0 aliphatic rings. The molecule has 0 aliphatic carbocycles. The fourth-order valence-corrected chi connectivity index (χ4v) is 1.13. The molecular formula is C11H14F3NO3. The van der Waals surface area contributed by atoms with E-state index in [0.717, 1.165) is 0 Å². The maximum atomic E-state index is 11.9. The maximum absolute atomic E-state index is 11.9. The third kappa shape index (κ3) is 5.74. The first kappa shape index (κ1) is 14.6. The summed E-state index contributed by atoms with van der Waals surface area (Å²) in [7, 11) is 0. The molecule has 0 bridgehead atoms. The molecule has 102 valence electrons. The van der Waals surface area contributed by atoms with Gasteiger partial charge in [0.15, 0.2) is 6.61 Å². The number of benzene rings is 1. The molecular weight excluding hydrogens is 251 g/mol. The van der Waals surface area contributed by atoms with Crippen LogP contribution in [0, 0.1) is 0 Å². The molecule has 0 spiro atoms. The van der Waals surface area contributed by atoms with E-state index in [2.05, 4.69) is 10.1 Å². The molecule has 0 amide bonds. The Morgan fingerprint density at radius 3 is 2.33 bits per heavy atom. The summed E-state index contributed by atoms with van der Waals surface area (Å²) in [6.07, 6.45) is -5.24. The molecule has 18 heavy (non-hydrogen) atoms. The minimum absolute atomic E-state index is 0.112. The van der Waals surface area contributed by atoms with Gasteiger partial charge in [0.2, 0.25) is 0 Å². The minimum Gasteiger partial charge on any atom is -0.484 e. The van der Waals surface area contributed by atoms with Gasteiger partial charge < -0.3 is 20.3 Å². The molecule has 1 unspecified atom stereocenters. The molecule has 0 saturated carbocycles. The van der Waals surface area contributed by atoms with Gasteiger partial charge in [0.1, 0.15) is 5.75 Å². The Kier molecular flexibility index (Phi) is 5.24. The van der Waals surface area contributed by atoms with E-state index in [1.54, 1.807) is 0 Å². The highest BCUT2D eigenvalue weighted by Crippen LogP contribution is 2.20. The quantitative estimate of drug-likeness (QED) is 0.727. The number of aliphatic hydroxyl groups is 2. The van der Waals surface area contributed by atoms with Crippen molar-refractivity contribution in [3.63, 3.8) is 0 Å². The molecule has 7 heteroatoms. The van der Waals surface area contributed by atoms with Crippen LogP contribution in [-0.4, -0.2) is 42.3 Å². The van der Waals surface area contributed by atoms with Gasteiger partial charge in [-0.1, -0.05) is 0 Å². The van der Waals surface area contributed by atoms with E-state index in [1.165, 1.54) is 24.3 Å². The van der Waals surface area contributed by atoms with Crippen molar-refractivity contribution in [2.24, 2.45) is 0 Å². The lowest BCUT2D eigenvalue weighted by atomic mass is 10.3. The monoisotopic (exact) mass is 265 g/mol. The van der Waals surface area contributed by atoms with E-state index in [4.69, 9.17) is 10.2 Å². The van der Waals surface area contributed by atoms with Crippen molar-refractivity contribution >= 4 is 5.69 Å². The molecule has 1 rings (SSSR count). The Morgan fingerprint density at radius 2 is 1.83 bits per heavy atom. The average molecular weight is 265 g/mol. The molecule has 4 nitrogen and oxygen atoms in total. The van der Waals surface area contributed by atoms with Crippen molar-refractivity contribution in [1.29, 1.82) is 0 Å². The van der Waals surface area contributed by atoms with Gasteiger partial charge in [0.25, 0.3) is 0 Å². The maximum Gasteiger partial charge on any atom is 0.422 e. The number of hydrogen-bond acceptors (Lipinski definition) is 4. The highest BCUT2D eigenvalue weighted by atomic mass is 19.4. The first-order chi connectivity index (χ1) is 8.40. The van der Waals surface area contributed by atoms with Crippen LogP contribution in [0.1, 0.15) is 0 Å². The summed E-state index contributed by atoms with van der Waals surface area (Å²) >= 11 is 0. The number of aliphatic hydroxyl groups excluding tert-OH is 2. The van der Waals surface area contributed by atoms with Crippen LogP contribution >= 0.6 is 0 Å². The van der Waals surface area contributed by atoms with Crippen LogP contribution in [0.4, 0.5) is 18.9 Å². The Morgan fingerprint density at radius 1 is 1.22 bits per heavy atom. The van der Waals surface area contributed by atoms with Crippen LogP contribution in [0.25, 0.3) is 0 Å². The van der Waals surface area contributed by atoms with E-state index in [9.17, 15) is 13.2 Å². The Labute approximate surface area is 102 Å². The van der Waals surface area contributed by atoms with Crippen molar-refractivity contribution in [3.05, 3.63) is 24.3 Å². The number of hydrogen-bond donors (Lipinski definition) is 3. The van der Waals surface area contributed by atoms with Gasteiger partial charge in [0.05, 0.1) is 12.7 Å². The zero-order valence-corrected chi connectivity index (χ0v) is 9.44. The van der Waals surface area contributed by atoms with Crippen LogP contribution in [0.2, 0.25) is 0 Å². The molecule has 0 heterocycles. The number of halogens is 3. The van der Waals surface area contributed by atoms with Crippen molar-refractivity contribution in [2.45, 2.75) is 12.3 Å². The molecule has 0 aliphatic heterocycles. The van der Waals surface area contributed by atoms with Crippen molar-refractivity contribution in [1.82, 2.24) is 0 Å². The van der Waals surface area contributed by atoms with Crippen LogP contribution in [0.5, 0.6) is 5.75 Å². The highest BCUT2D eigenvalue weighted by Gasteiger charge is 2.28. The van der Waals surface area contributed by atoms with Crippen LogP contribution in [-0.2, 0) is 0 Å². The summed E-state index contributed by atoms with van der Waals surface area (Å²) in [4.78, 5) is 0. The lowest BCUT2D eigenvalue weighted by molar-refractivity contribution is -0.153. The lowest BCUT2D eigenvalue weighted by Gasteiger charge is -2.12. The predicted octanol–water partition coefficient (Wildman–Crippen LogP) is 1.39. The van der Waals surface area contributed by atoms with Crippen LogP contribution in [0.3, 0.4) is 0 Å². The summed E-state index contributed by atoms with van der Waals surface area (Å²) in [5.41, 5.74) is 0.613. The van der Waals surface area contributed by atoms with Gasteiger partial charge in [-0.3, -0.25) is 0 Å². The first-order valence-electron chi connectivity index (χ1n) is 5.23. The third-order valence-corrected chi connectivity index (χ3v) is 2.01. The number of rotatable bonds is 6. The van der Waals surface area contributed by atoms with Crippen molar-refractivity contribution < 1.29 is 28.1 Å². The SMILES string of the molecule is OCC(O)CNc1ccc(OCC(F)(F)F)cc1. The number of ether oxygens (including phenoxy) is 1. The molecule has 3 N–H and O–H groups in total. The van der Waals surface area contributed by atoms with E-state index in [1.807, 2.05) is 0 Å². The molecule has 0 aromatic heterocycles. The number of nitrogens with one attached hydrogen (secondary N) is 1. The summed E-state index contributed by atoms with van der Waals surface area (Å²) in [5, 5.41) is 20.5. The van der Waals surface area contributed by atoms with Gasteiger partial charge >= 0.3 is 6.18 Å². The molecule has 1 aromatic carbocycles. The Bertz CT molecular complexity index is 354. The normalized spacial score (nSPS) is 13.2. The first-order valence-corrected chi connectivity index (χ1v) is 5.23. The number of anilines is 1. The Hall–Kier alpha value is -1.47. The summed E-state index contributed by atoms with van der Waals surface area (Å²) < 4.78 is 40.2. The zero-order valence-electron chi connectivity index (χ0n) is 9.44. The fraction of sp³-hybridized carbons (Fsp3) is 0.455. The fourth-order valence-electron chi connectivity index (χ4n) is 1.13. The van der Waals surface area contributed by atoms with E-state index < -0.39 is 18.9 Å². The largest absolute Gasteiger partial charge is 0.484 e. The summed E-state index contributed by atoms with van der Waals surface area (Å²) in [5.74, 6) is 0.112. The van der Waals surface area contributed by atoms with Crippen LogP contribution < -0.4 is 10.1 Å². The second-order valence-corrected chi connectivity index (χ2v) is 3.65. The van der Waals surface area contributed by atoms with Gasteiger partial charge in [0, 0.05) is 12.2 Å². The molecule has 0 radical (unpaired) electrons. The average Bonchev–Trinajstić information content (AvgIpc) is 2.33. The molecule has 0 fully saturated rings. The van der Waals surface area contributed by atoms with E-state index in [-0.39, 0.29) is 18.9 Å². The minimum atomic E-state index is -4.36. The highest BCUT2D eigenvalue weighted by molar-refractivity contribution is 5.46. The predicted molar refractivity (Wildman–Crippen MR) is 59.6 cm³/mol. The van der Waals surface area contributed by atoms with Gasteiger partial charge in [-0.25, -0.2) is 0 Å². The standard InChI is InChI=1S/C11H14F3NO3/c12-11(13,14)7-18-10-3-1-8(2-4-10)15-5-9(17)6-16/h1-4,9,15-17H,5-7H2. The zero-order chi connectivity index (χ0) is 13.6. The van der Waals surface area contributed by atoms with Crippen LogP contribution in [0.15, 0.2) is 24.3 Å². The smallest absolute Gasteiger partial charge is 0.422 e. The Balaban J connectivity index is 2.42. The van der Waals surface area contributed by atoms with Crippen molar-refractivity contribution in [2.75, 3.05) is 25.1 Å². The topological polar surface area (TPSA) is 61.7 Å². The molecule has 1 aromatic rings. The lowest BCUT2D eigenvalue weighted by Crippen LogP contribution is -2.22. The molecule has 1 atom stereocenters. The van der Waals surface area contributed by atoms with Gasteiger partial charge in [-0.15, -0.1) is 0 Å². The summed E-state index contributed by atoms with van der Waals surface area (Å²) in [6, 6.07) is 5.82. The third-order valence-electron chi connectivity index (χ3n) is 2.01. The van der Waals surface area contributed by atoms with E-state index in [0.29, 0.717) is 5.69 Å².